The van der Waals surface area contributed by atoms with Crippen LogP contribution in [0.15, 0.2) is 17.6 Å². The molecule has 0 unspecified atom stereocenters. The molecule has 0 bridgehead atoms. The van der Waals surface area contributed by atoms with Crippen molar-refractivity contribution in [2.75, 3.05) is 11.9 Å². The van der Waals surface area contributed by atoms with Crippen LogP contribution in [0.3, 0.4) is 0 Å². The number of hydrogen-bond donors (Lipinski definition) is 1. The van der Waals surface area contributed by atoms with Crippen molar-refractivity contribution >= 4 is 32.9 Å². The molecule has 0 spiro atoms. The summed E-state index contributed by atoms with van der Waals surface area (Å²) in [6.07, 6.45) is 0.978. The van der Waals surface area contributed by atoms with Gasteiger partial charge in [0.2, 0.25) is 0 Å². The molecule has 5 nitrogen and oxygen atoms in total. The quantitative estimate of drug-likeness (QED) is 0.661. The first-order valence-electron chi connectivity index (χ1n) is 5.84. The number of anilines is 1. The fourth-order valence-corrected chi connectivity index (χ4v) is 2.42. The molecule has 0 aliphatic carbocycles. The molecule has 0 aliphatic rings. The number of thiazole rings is 1. The highest BCUT2D eigenvalue weighted by molar-refractivity contribution is 7.16. The Balaban J connectivity index is 2.31. The monoisotopic (exact) mass is 265 g/mol. The molecule has 0 radical (unpaired) electrons. The van der Waals surface area contributed by atoms with E-state index in [0.29, 0.717) is 17.1 Å². The van der Waals surface area contributed by atoms with Crippen LogP contribution < -0.4 is 5.32 Å². The molecule has 2 rings (SSSR count). The van der Waals surface area contributed by atoms with Crippen LogP contribution in [0.1, 0.15) is 20.3 Å². The number of fused-ring (bicyclic) bond motifs is 1. The van der Waals surface area contributed by atoms with Crippen molar-refractivity contribution < 1.29 is 4.92 Å². The van der Waals surface area contributed by atoms with Crippen molar-refractivity contribution in [1.29, 1.82) is 0 Å². The van der Waals surface area contributed by atoms with Crippen LogP contribution in [0.2, 0.25) is 0 Å². The summed E-state index contributed by atoms with van der Waals surface area (Å²) in [6.45, 7) is 4.98. The van der Waals surface area contributed by atoms with E-state index in [9.17, 15) is 10.1 Å². The van der Waals surface area contributed by atoms with Gasteiger partial charge in [-0.3, -0.25) is 10.1 Å². The summed E-state index contributed by atoms with van der Waals surface area (Å²) in [5.41, 5.74) is 2.74. The Hall–Kier alpha value is -1.69. The summed E-state index contributed by atoms with van der Waals surface area (Å²) in [7, 11) is 0. The molecule has 1 aromatic carbocycles. The molecule has 0 atom stereocenters. The van der Waals surface area contributed by atoms with E-state index >= 15 is 0 Å². The second kappa shape index (κ2) is 5.30. The molecule has 0 saturated carbocycles. The van der Waals surface area contributed by atoms with Crippen LogP contribution in [0.25, 0.3) is 10.2 Å². The molecule has 0 amide bonds. The third-order valence-corrected chi connectivity index (χ3v) is 3.49. The summed E-state index contributed by atoms with van der Waals surface area (Å²) in [5.74, 6) is 0.569. The lowest BCUT2D eigenvalue weighted by Crippen LogP contribution is -2.06. The lowest BCUT2D eigenvalue weighted by molar-refractivity contribution is -0.382. The first-order chi connectivity index (χ1) is 8.59. The number of nitrogens with zero attached hydrogens (tertiary/aromatic N) is 2. The van der Waals surface area contributed by atoms with Gasteiger partial charge in [0.1, 0.15) is 5.69 Å². The smallest absolute Gasteiger partial charge is 0.319 e. The van der Waals surface area contributed by atoms with Gasteiger partial charge in [-0.2, -0.15) is 0 Å². The number of nitro benzene ring substituents is 1. The molecule has 6 heteroatoms. The summed E-state index contributed by atoms with van der Waals surface area (Å²) in [4.78, 5) is 14.9. The number of benzene rings is 1. The van der Waals surface area contributed by atoms with Crippen molar-refractivity contribution in [2.45, 2.75) is 20.3 Å². The standard InChI is InChI=1S/C12H15N3O2S/c1-8(2)5-6-13-9-3-4-10-11(14-7-18-10)12(9)15(16)17/h3-4,7-8,13H,5-6H2,1-2H3. The predicted octanol–water partition coefficient (Wildman–Crippen LogP) is 3.66. The van der Waals surface area contributed by atoms with Gasteiger partial charge in [0, 0.05) is 6.54 Å². The Morgan fingerprint density at radius 2 is 2.28 bits per heavy atom. The normalized spacial score (nSPS) is 11.1. The minimum Gasteiger partial charge on any atom is -0.379 e. The SMILES string of the molecule is CC(C)CCNc1ccc2scnc2c1[N+](=O)[O-]. The van der Waals surface area contributed by atoms with Crippen molar-refractivity contribution in [2.24, 2.45) is 5.92 Å². The minimum absolute atomic E-state index is 0.0810. The van der Waals surface area contributed by atoms with E-state index in [1.54, 1.807) is 11.6 Å². The van der Waals surface area contributed by atoms with Crippen molar-refractivity contribution in [1.82, 2.24) is 4.98 Å². The van der Waals surface area contributed by atoms with Gasteiger partial charge in [-0.25, -0.2) is 4.98 Å². The van der Waals surface area contributed by atoms with Crippen molar-refractivity contribution in [3.05, 3.63) is 27.8 Å². The van der Waals surface area contributed by atoms with Crippen molar-refractivity contribution in [3.8, 4) is 0 Å². The van der Waals surface area contributed by atoms with Gasteiger partial charge in [-0.05, 0) is 24.5 Å². The Morgan fingerprint density at radius 1 is 1.50 bits per heavy atom. The van der Waals surface area contributed by atoms with Gasteiger partial charge in [0.15, 0.2) is 5.52 Å². The molecular formula is C12H15N3O2S. The van der Waals surface area contributed by atoms with Gasteiger partial charge in [-0.1, -0.05) is 13.8 Å². The summed E-state index contributed by atoms with van der Waals surface area (Å²) in [5, 5.41) is 14.3. The van der Waals surface area contributed by atoms with E-state index in [1.165, 1.54) is 11.3 Å². The maximum atomic E-state index is 11.2. The Kier molecular flexibility index (Phi) is 3.76. The maximum absolute atomic E-state index is 11.2. The largest absolute Gasteiger partial charge is 0.379 e. The number of nitrogens with one attached hydrogen (secondary N) is 1. The van der Waals surface area contributed by atoms with E-state index in [-0.39, 0.29) is 10.6 Å². The van der Waals surface area contributed by atoms with E-state index in [4.69, 9.17) is 0 Å². The summed E-state index contributed by atoms with van der Waals surface area (Å²) >= 11 is 1.41. The minimum atomic E-state index is -0.361. The number of aromatic nitrogens is 1. The van der Waals surface area contributed by atoms with Crippen LogP contribution in [0.4, 0.5) is 11.4 Å². The van der Waals surface area contributed by atoms with Crippen LogP contribution in [0.5, 0.6) is 0 Å². The topological polar surface area (TPSA) is 68.1 Å². The van der Waals surface area contributed by atoms with E-state index in [1.807, 2.05) is 6.07 Å². The number of hydrogen-bond acceptors (Lipinski definition) is 5. The Bertz CT molecular complexity index is 565. The van der Waals surface area contributed by atoms with Crippen molar-refractivity contribution in [3.63, 3.8) is 0 Å². The molecule has 18 heavy (non-hydrogen) atoms. The molecule has 0 aliphatic heterocycles. The second-order valence-corrected chi connectivity index (χ2v) is 5.41. The molecule has 0 saturated heterocycles. The third-order valence-electron chi connectivity index (χ3n) is 2.70. The molecule has 1 heterocycles. The second-order valence-electron chi connectivity index (χ2n) is 4.53. The van der Waals surface area contributed by atoms with Gasteiger partial charge in [0.05, 0.1) is 15.1 Å². The molecule has 1 aromatic heterocycles. The lowest BCUT2D eigenvalue weighted by atomic mass is 10.1. The maximum Gasteiger partial charge on any atom is 0.319 e. The third kappa shape index (κ3) is 2.59. The van der Waals surface area contributed by atoms with Gasteiger partial charge < -0.3 is 5.32 Å². The molecule has 2 aromatic rings. The average Bonchev–Trinajstić information content (AvgIpc) is 2.75. The zero-order valence-electron chi connectivity index (χ0n) is 10.3. The first kappa shape index (κ1) is 12.8. The molecule has 0 fully saturated rings. The highest BCUT2D eigenvalue weighted by atomic mass is 32.1. The summed E-state index contributed by atoms with van der Waals surface area (Å²) < 4.78 is 0.844. The van der Waals surface area contributed by atoms with E-state index < -0.39 is 0 Å². The average molecular weight is 265 g/mol. The van der Waals surface area contributed by atoms with E-state index in [0.717, 1.165) is 17.7 Å². The number of nitro groups is 1. The van der Waals surface area contributed by atoms with Crippen LogP contribution >= 0.6 is 11.3 Å². The van der Waals surface area contributed by atoms with Crippen LogP contribution in [-0.4, -0.2) is 16.5 Å². The zero-order valence-corrected chi connectivity index (χ0v) is 11.2. The molecule has 1 N–H and O–H groups in total. The zero-order chi connectivity index (χ0) is 13.1. The highest BCUT2D eigenvalue weighted by Gasteiger charge is 2.20. The predicted molar refractivity (Wildman–Crippen MR) is 74.2 cm³/mol. The Labute approximate surface area is 109 Å². The molecular weight excluding hydrogens is 250 g/mol. The summed E-state index contributed by atoms with van der Waals surface area (Å²) in [6, 6.07) is 3.64. The van der Waals surface area contributed by atoms with Crippen LogP contribution in [-0.2, 0) is 0 Å². The Morgan fingerprint density at radius 3 is 2.94 bits per heavy atom. The first-order valence-corrected chi connectivity index (χ1v) is 6.72. The highest BCUT2D eigenvalue weighted by Crippen LogP contribution is 2.34. The van der Waals surface area contributed by atoms with E-state index in [2.05, 4.69) is 24.1 Å². The molecule has 96 valence electrons. The lowest BCUT2D eigenvalue weighted by Gasteiger charge is -2.08. The van der Waals surface area contributed by atoms with Gasteiger partial charge >= 0.3 is 5.69 Å². The fourth-order valence-electron chi connectivity index (χ4n) is 1.74. The fraction of sp³-hybridized carbons (Fsp3) is 0.417. The van der Waals surface area contributed by atoms with Gasteiger partial charge in [0.25, 0.3) is 0 Å². The van der Waals surface area contributed by atoms with Crippen LogP contribution in [0, 0.1) is 16.0 Å². The number of rotatable bonds is 5. The van der Waals surface area contributed by atoms with Gasteiger partial charge in [-0.15, -0.1) is 11.3 Å².